The Morgan fingerprint density at radius 1 is 0.739 bits per heavy atom. The molecule has 112 valence electrons. The maximum Gasteiger partial charge on any atom is 0.0541 e. The van der Waals surface area contributed by atoms with Gasteiger partial charge in [0.25, 0.3) is 0 Å². The van der Waals surface area contributed by atoms with E-state index in [-0.39, 0.29) is 0 Å². The highest BCUT2D eigenvalue weighted by molar-refractivity contribution is 6.09. The normalized spacial score (nSPS) is 11.7. The molecule has 0 unspecified atom stereocenters. The molecule has 1 heteroatoms. The van der Waals surface area contributed by atoms with Crippen molar-refractivity contribution in [1.29, 1.82) is 0 Å². The fourth-order valence-electron chi connectivity index (χ4n) is 3.24. The summed E-state index contributed by atoms with van der Waals surface area (Å²) >= 11 is 0. The van der Waals surface area contributed by atoms with E-state index in [0.29, 0.717) is 0 Å². The van der Waals surface area contributed by atoms with Crippen LogP contribution in [0.15, 0.2) is 84.9 Å². The van der Waals surface area contributed by atoms with Crippen LogP contribution in [0, 0.1) is 0 Å². The predicted octanol–water partition coefficient (Wildman–Crippen LogP) is 5.90. The number of aromatic nitrogens is 1. The van der Waals surface area contributed by atoms with Crippen molar-refractivity contribution >= 4 is 21.8 Å². The topological polar surface area (TPSA) is 4.93 Å². The number of hydrogen-bond donors (Lipinski definition) is 0. The third-order valence-corrected chi connectivity index (χ3v) is 4.36. The van der Waals surface area contributed by atoms with Crippen molar-refractivity contribution in [3.8, 4) is 5.69 Å². The van der Waals surface area contributed by atoms with Crippen LogP contribution in [0.25, 0.3) is 27.5 Å². The lowest BCUT2D eigenvalue weighted by Gasteiger charge is -2.08. The molecule has 1 aromatic heterocycles. The van der Waals surface area contributed by atoms with E-state index in [4.69, 9.17) is 0 Å². The maximum atomic E-state index is 2.35. The van der Waals surface area contributed by atoms with Gasteiger partial charge in [0.1, 0.15) is 0 Å². The molecule has 23 heavy (non-hydrogen) atoms. The zero-order valence-electron chi connectivity index (χ0n) is 13.2. The molecule has 4 aromatic rings. The van der Waals surface area contributed by atoms with Gasteiger partial charge in [0.15, 0.2) is 0 Å². The zero-order chi connectivity index (χ0) is 15.6. The van der Waals surface area contributed by atoms with Crippen LogP contribution in [0.2, 0.25) is 0 Å². The zero-order valence-corrected chi connectivity index (χ0v) is 13.2. The highest BCUT2D eigenvalue weighted by atomic mass is 15.0. The molecule has 0 bridgehead atoms. The van der Waals surface area contributed by atoms with Gasteiger partial charge in [-0.1, -0.05) is 60.7 Å². The smallest absolute Gasteiger partial charge is 0.0541 e. The van der Waals surface area contributed by atoms with E-state index in [1.54, 1.807) is 0 Å². The number of fused-ring (bicyclic) bond motifs is 3. The van der Waals surface area contributed by atoms with Crippen molar-refractivity contribution in [2.75, 3.05) is 0 Å². The first kappa shape index (κ1) is 13.8. The molecule has 3 aromatic carbocycles. The van der Waals surface area contributed by atoms with Crippen LogP contribution in [0.1, 0.15) is 12.5 Å². The minimum absolute atomic E-state index is 0.990. The van der Waals surface area contributed by atoms with E-state index in [9.17, 15) is 0 Å². The quantitative estimate of drug-likeness (QED) is 0.415. The molecule has 0 atom stereocenters. The van der Waals surface area contributed by atoms with E-state index in [1.165, 1.54) is 33.1 Å². The van der Waals surface area contributed by atoms with Crippen LogP contribution in [0.4, 0.5) is 0 Å². The van der Waals surface area contributed by atoms with Crippen molar-refractivity contribution < 1.29 is 0 Å². The van der Waals surface area contributed by atoms with E-state index in [2.05, 4.69) is 96.4 Å². The molecular formula is C22H19N. The second-order valence-electron chi connectivity index (χ2n) is 5.81. The third-order valence-electron chi connectivity index (χ3n) is 4.36. The van der Waals surface area contributed by atoms with E-state index in [0.717, 1.165) is 6.42 Å². The van der Waals surface area contributed by atoms with Gasteiger partial charge in [-0.2, -0.15) is 0 Å². The van der Waals surface area contributed by atoms with Gasteiger partial charge in [0, 0.05) is 16.5 Å². The lowest BCUT2D eigenvalue weighted by atomic mass is 10.1. The van der Waals surface area contributed by atoms with Crippen molar-refractivity contribution in [2.24, 2.45) is 0 Å². The minimum Gasteiger partial charge on any atom is -0.309 e. The summed E-state index contributed by atoms with van der Waals surface area (Å²) in [5, 5.41) is 2.61. The lowest BCUT2D eigenvalue weighted by molar-refractivity contribution is 1.16. The van der Waals surface area contributed by atoms with Crippen LogP contribution in [-0.4, -0.2) is 4.57 Å². The van der Waals surface area contributed by atoms with Crippen LogP contribution < -0.4 is 0 Å². The van der Waals surface area contributed by atoms with E-state index in [1.807, 2.05) is 0 Å². The molecule has 0 aliphatic carbocycles. The van der Waals surface area contributed by atoms with E-state index < -0.39 is 0 Å². The Balaban J connectivity index is 1.93. The number of rotatable bonds is 3. The van der Waals surface area contributed by atoms with Crippen molar-refractivity contribution in [3.05, 3.63) is 90.5 Å². The number of allylic oxidation sites excluding steroid dienone is 2. The molecule has 1 nitrogen and oxygen atoms in total. The fraction of sp³-hybridized carbons (Fsp3) is 0.0909. The van der Waals surface area contributed by atoms with Gasteiger partial charge in [-0.25, -0.2) is 0 Å². The molecule has 0 radical (unpaired) electrons. The molecule has 0 saturated heterocycles. The van der Waals surface area contributed by atoms with Gasteiger partial charge >= 0.3 is 0 Å². The molecule has 0 aliphatic rings. The summed E-state index contributed by atoms with van der Waals surface area (Å²) in [7, 11) is 0. The van der Waals surface area contributed by atoms with Gasteiger partial charge in [-0.05, 0) is 43.2 Å². The Kier molecular flexibility index (Phi) is 3.47. The summed E-state index contributed by atoms with van der Waals surface area (Å²) in [6.45, 7) is 2.06. The van der Waals surface area contributed by atoms with Gasteiger partial charge in [-0.3, -0.25) is 0 Å². The monoisotopic (exact) mass is 297 g/mol. The Labute approximate surface area is 136 Å². The molecule has 0 fully saturated rings. The first-order valence-corrected chi connectivity index (χ1v) is 8.07. The molecule has 0 N–H and O–H groups in total. The molecule has 0 aliphatic heterocycles. The molecule has 1 heterocycles. The molecule has 0 saturated carbocycles. The van der Waals surface area contributed by atoms with E-state index >= 15 is 0 Å². The van der Waals surface area contributed by atoms with Crippen molar-refractivity contribution in [1.82, 2.24) is 4.57 Å². The summed E-state index contributed by atoms with van der Waals surface area (Å²) in [5.41, 5.74) is 5.07. The van der Waals surface area contributed by atoms with Crippen molar-refractivity contribution in [3.63, 3.8) is 0 Å². The standard InChI is InChI=1S/C22H19N/c1-2-3-8-17-13-15-18(16-14-17)23-21-11-6-4-9-19(21)20-10-5-7-12-22(20)23/h2-7,9-16H,8H2,1H3. The number of hydrogen-bond acceptors (Lipinski definition) is 0. The van der Waals surface area contributed by atoms with Crippen LogP contribution in [0.3, 0.4) is 0 Å². The lowest BCUT2D eigenvalue weighted by Crippen LogP contribution is -1.94. The number of benzene rings is 3. The minimum atomic E-state index is 0.990. The summed E-state index contributed by atoms with van der Waals surface area (Å²) in [6.07, 6.45) is 5.28. The highest BCUT2D eigenvalue weighted by Crippen LogP contribution is 2.31. The SMILES string of the molecule is CC=CCc1ccc(-n2c3ccccc3c3ccccc32)cc1. The summed E-state index contributed by atoms with van der Waals surface area (Å²) < 4.78 is 2.35. The highest BCUT2D eigenvalue weighted by Gasteiger charge is 2.10. The predicted molar refractivity (Wildman–Crippen MR) is 99.3 cm³/mol. The first-order valence-electron chi connectivity index (χ1n) is 8.07. The second kappa shape index (κ2) is 5.77. The second-order valence-corrected chi connectivity index (χ2v) is 5.81. The van der Waals surface area contributed by atoms with Gasteiger partial charge in [0.05, 0.1) is 11.0 Å². The molecule has 4 rings (SSSR count). The molecule has 0 amide bonds. The van der Waals surface area contributed by atoms with Gasteiger partial charge in [0.2, 0.25) is 0 Å². The Morgan fingerprint density at radius 3 is 1.87 bits per heavy atom. The van der Waals surface area contributed by atoms with Gasteiger partial charge in [-0.15, -0.1) is 0 Å². The number of nitrogens with zero attached hydrogens (tertiary/aromatic N) is 1. The van der Waals surface area contributed by atoms with Crippen LogP contribution in [-0.2, 0) is 6.42 Å². The maximum absolute atomic E-state index is 2.35. The first-order chi connectivity index (χ1) is 11.4. The van der Waals surface area contributed by atoms with Crippen molar-refractivity contribution in [2.45, 2.75) is 13.3 Å². The summed E-state index contributed by atoms with van der Waals surface area (Å²) in [6, 6.07) is 26.1. The van der Waals surface area contributed by atoms with Crippen LogP contribution >= 0.6 is 0 Å². The average molecular weight is 297 g/mol. The fourth-order valence-corrected chi connectivity index (χ4v) is 3.24. The average Bonchev–Trinajstić information content (AvgIpc) is 2.95. The molecular weight excluding hydrogens is 278 g/mol. The summed E-state index contributed by atoms with van der Waals surface area (Å²) in [5.74, 6) is 0. The summed E-state index contributed by atoms with van der Waals surface area (Å²) in [4.78, 5) is 0. The Morgan fingerprint density at radius 2 is 1.30 bits per heavy atom. The number of para-hydroxylation sites is 2. The molecule has 0 spiro atoms. The Bertz CT molecular complexity index is 934. The van der Waals surface area contributed by atoms with Gasteiger partial charge < -0.3 is 4.57 Å². The third kappa shape index (κ3) is 2.35. The Hall–Kier alpha value is -2.80. The van der Waals surface area contributed by atoms with Crippen LogP contribution in [0.5, 0.6) is 0 Å². The largest absolute Gasteiger partial charge is 0.309 e.